The summed E-state index contributed by atoms with van der Waals surface area (Å²) in [7, 11) is -2.06. The lowest BCUT2D eigenvalue weighted by Crippen LogP contribution is -2.46. The Balaban J connectivity index is 2.33. The standard InChI is InChI=1S/C27H50O3SSi/c1-8-9-15-22(2)16-10-11-17-23-18-14-20-25(23)31-21-13-12-19-24(26(28)29)30-32(6,7)27(3,4)5/h11,17,20,22-24H,8-10,12-16,18-19,21H2,1-7H3,(H,28,29)/t22?,23-,24?/m0/s1. The summed E-state index contributed by atoms with van der Waals surface area (Å²) in [6.45, 7) is 15.4. The number of allylic oxidation sites excluding steroid dienone is 4. The second-order valence-corrected chi connectivity index (χ2v) is 17.0. The van der Waals surface area contributed by atoms with E-state index in [1.165, 1.54) is 49.9 Å². The van der Waals surface area contributed by atoms with Crippen molar-refractivity contribution in [3.05, 3.63) is 23.1 Å². The molecule has 3 atom stereocenters. The van der Waals surface area contributed by atoms with Crippen molar-refractivity contribution in [2.75, 3.05) is 5.75 Å². The van der Waals surface area contributed by atoms with Gasteiger partial charge >= 0.3 is 5.97 Å². The Morgan fingerprint density at radius 2 is 1.97 bits per heavy atom. The molecular weight excluding hydrogens is 432 g/mol. The van der Waals surface area contributed by atoms with Gasteiger partial charge in [-0.1, -0.05) is 72.1 Å². The van der Waals surface area contributed by atoms with Gasteiger partial charge in [-0.3, -0.25) is 0 Å². The summed E-state index contributed by atoms with van der Waals surface area (Å²) < 4.78 is 6.17. The first-order valence-electron chi connectivity index (χ1n) is 12.9. The van der Waals surface area contributed by atoms with E-state index in [0.717, 1.165) is 24.5 Å². The van der Waals surface area contributed by atoms with Crippen LogP contribution in [0.1, 0.15) is 98.8 Å². The third-order valence-electron chi connectivity index (χ3n) is 7.08. The fourth-order valence-electron chi connectivity index (χ4n) is 3.78. The highest BCUT2D eigenvalue weighted by Crippen LogP contribution is 2.38. The van der Waals surface area contributed by atoms with Crippen molar-refractivity contribution in [3.63, 3.8) is 0 Å². The molecule has 0 aromatic heterocycles. The molecule has 186 valence electrons. The predicted molar refractivity (Wildman–Crippen MR) is 144 cm³/mol. The zero-order valence-electron chi connectivity index (χ0n) is 21.9. The van der Waals surface area contributed by atoms with Gasteiger partial charge in [0.2, 0.25) is 0 Å². The highest BCUT2D eigenvalue weighted by Gasteiger charge is 2.40. The molecule has 1 N–H and O–H groups in total. The van der Waals surface area contributed by atoms with Gasteiger partial charge in [-0.15, -0.1) is 11.8 Å². The Hall–Kier alpha value is -0.523. The van der Waals surface area contributed by atoms with Crippen LogP contribution in [0.2, 0.25) is 18.1 Å². The van der Waals surface area contributed by atoms with Gasteiger partial charge in [0.15, 0.2) is 8.32 Å². The van der Waals surface area contributed by atoms with Gasteiger partial charge < -0.3 is 9.53 Å². The maximum absolute atomic E-state index is 11.7. The van der Waals surface area contributed by atoms with E-state index in [4.69, 9.17) is 4.43 Å². The Kier molecular flexibility index (Phi) is 13.5. The van der Waals surface area contributed by atoms with Crippen LogP contribution >= 0.6 is 11.8 Å². The van der Waals surface area contributed by atoms with Crippen molar-refractivity contribution in [1.82, 2.24) is 0 Å². The van der Waals surface area contributed by atoms with Gasteiger partial charge in [-0.25, -0.2) is 4.79 Å². The number of thioether (sulfide) groups is 1. The summed E-state index contributed by atoms with van der Waals surface area (Å²) in [6.07, 6.45) is 18.1. The summed E-state index contributed by atoms with van der Waals surface area (Å²) >= 11 is 1.98. The van der Waals surface area contributed by atoms with Crippen molar-refractivity contribution in [3.8, 4) is 0 Å². The summed E-state index contributed by atoms with van der Waals surface area (Å²) in [5.74, 6) is 1.69. The van der Waals surface area contributed by atoms with E-state index in [2.05, 4.69) is 65.9 Å². The van der Waals surface area contributed by atoms with Gasteiger partial charge in [0.25, 0.3) is 0 Å². The number of aliphatic carboxylic acids is 1. The first-order valence-corrected chi connectivity index (χ1v) is 16.8. The van der Waals surface area contributed by atoms with Crippen LogP contribution in [0, 0.1) is 11.8 Å². The topological polar surface area (TPSA) is 46.5 Å². The van der Waals surface area contributed by atoms with Gasteiger partial charge in [-0.2, -0.15) is 0 Å². The Morgan fingerprint density at radius 1 is 1.25 bits per heavy atom. The molecule has 0 aromatic carbocycles. The van der Waals surface area contributed by atoms with Crippen LogP contribution in [0.3, 0.4) is 0 Å². The molecule has 1 aliphatic rings. The molecule has 0 amide bonds. The van der Waals surface area contributed by atoms with E-state index in [1.807, 2.05) is 11.8 Å². The molecule has 3 nitrogen and oxygen atoms in total. The second-order valence-electron chi connectivity index (χ2n) is 11.1. The number of carbonyl (C=O) groups is 1. The molecular formula is C27H50O3SSi. The van der Waals surface area contributed by atoms with E-state index in [0.29, 0.717) is 12.3 Å². The summed E-state index contributed by atoms with van der Waals surface area (Å²) in [4.78, 5) is 13.2. The molecule has 0 radical (unpaired) electrons. The van der Waals surface area contributed by atoms with E-state index >= 15 is 0 Å². The zero-order valence-corrected chi connectivity index (χ0v) is 23.7. The van der Waals surface area contributed by atoms with Gasteiger partial charge in [0.1, 0.15) is 6.10 Å². The number of hydrogen-bond acceptors (Lipinski definition) is 3. The number of carboxylic acid groups (broad SMARTS) is 1. The van der Waals surface area contributed by atoms with E-state index < -0.39 is 20.4 Å². The molecule has 0 bridgehead atoms. The lowest BCUT2D eigenvalue weighted by molar-refractivity contribution is -0.146. The minimum Gasteiger partial charge on any atom is -0.479 e. The monoisotopic (exact) mass is 482 g/mol. The van der Waals surface area contributed by atoms with Crippen LogP contribution in [-0.4, -0.2) is 31.3 Å². The zero-order chi connectivity index (χ0) is 24.2. The highest BCUT2D eigenvalue weighted by molar-refractivity contribution is 8.03. The molecule has 1 rings (SSSR count). The minimum atomic E-state index is -2.06. The van der Waals surface area contributed by atoms with Gasteiger partial charge in [0.05, 0.1) is 0 Å². The van der Waals surface area contributed by atoms with Crippen LogP contribution in [0.25, 0.3) is 0 Å². The molecule has 32 heavy (non-hydrogen) atoms. The fraction of sp³-hybridized carbons (Fsp3) is 0.815. The average molecular weight is 483 g/mol. The predicted octanol–water partition coefficient (Wildman–Crippen LogP) is 8.82. The number of rotatable bonds is 16. The van der Waals surface area contributed by atoms with Crippen molar-refractivity contribution >= 4 is 26.0 Å². The molecule has 0 aromatic rings. The molecule has 0 aliphatic heterocycles. The van der Waals surface area contributed by atoms with Crippen LogP contribution < -0.4 is 0 Å². The van der Waals surface area contributed by atoms with E-state index in [1.54, 1.807) is 0 Å². The number of unbranched alkanes of at least 4 members (excludes halogenated alkanes) is 2. The maximum Gasteiger partial charge on any atom is 0.331 e. The highest BCUT2D eigenvalue weighted by atomic mass is 32.2. The van der Waals surface area contributed by atoms with E-state index in [-0.39, 0.29) is 5.04 Å². The first kappa shape index (κ1) is 29.5. The van der Waals surface area contributed by atoms with Crippen LogP contribution in [0.5, 0.6) is 0 Å². The van der Waals surface area contributed by atoms with Crippen LogP contribution in [0.4, 0.5) is 0 Å². The van der Waals surface area contributed by atoms with Crippen molar-refractivity contribution < 1.29 is 14.3 Å². The Morgan fingerprint density at radius 3 is 2.59 bits per heavy atom. The molecule has 0 spiro atoms. The molecule has 1 aliphatic carbocycles. The molecule has 0 saturated carbocycles. The molecule has 0 fully saturated rings. The van der Waals surface area contributed by atoms with Gasteiger partial charge in [-0.05, 0) is 79.7 Å². The summed E-state index contributed by atoms with van der Waals surface area (Å²) in [6, 6.07) is 0. The second kappa shape index (κ2) is 14.7. The third kappa shape index (κ3) is 11.1. The smallest absolute Gasteiger partial charge is 0.331 e. The SMILES string of the molecule is CCCCC(C)CCC=C[C@H]1CCC=C1SCCCCC(O[Si](C)(C)C(C)(C)C)C(=O)O. The largest absolute Gasteiger partial charge is 0.479 e. The van der Waals surface area contributed by atoms with Crippen molar-refractivity contribution in [1.29, 1.82) is 0 Å². The fourth-order valence-corrected chi connectivity index (χ4v) is 6.29. The Bertz CT molecular complexity index is 607. The molecule has 0 saturated heterocycles. The normalized spacial score (nSPS) is 19.3. The summed E-state index contributed by atoms with van der Waals surface area (Å²) in [5, 5.41) is 9.65. The first-order chi connectivity index (χ1) is 15.0. The third-order valence-corrected chi connectivity index (χ3v) is 12.9. The average Bonchev–Trinajstić information content (AvgIpc) is 3.14. The van der Waals surface area contributed by atoms with E-state index in [9.17, 15) is 9.90 Å². The Labute approximate surface area is 204 Å². The van der Waals surface area contributed by atoms with Crippen LogP contribution in [-0.2, 0) is 9.22 Å². The van der Waals surface area contributed by atoms with Gasteiger partial charge in [0, 0.05) is 5.92 Å². The molecule has 0 heterocycles. The quantitative estimate of drug-likeness (QED) is 0.136. The lowest BCUT2D eigenvalue weighted by atomic mass is 9.98. The van der Waals surface area contributed by atoms with Crippen molar-refractivity contribution in [2.24, 2.45) is 11.8 Å². The van der Waals surface area contributed by atoms with Crippen LogP contribution in [0.15, 0.2) is 23.1 Å². The number of carboxylic acids is 1. The number of hydrogen-bond donors (Lipinski definition) is 1. The minimum absolute atomic E-state index is 0.0293. The lowest BCUT2D eigenvalue weighted by Gasteiger charge is -2.38. The molecule has 5 heteroatoms. The maximum atomic E-state index is 11.7. The molecule has 2 unspecified atom stereocenters. The summed E-state index contributed by atoms with van der Waals surface area (Å²) in [5.41, 5.74) is 0. The van der Waals surface area contributed by atoms with Crippen molar-refractivity contribution in [2.45, 2.75) is 123 Å².